The maximum absolute atomic E-state index is 13.3. The average Bonchev–Trinajstić information content (AvgIpc) is 3.39. The quantitative estimate of drug-likeness (QED) is 0.404. The van der Waals surface area contributed by atoms with Crippen molar-refractivity contribution in [1.82, 2.24) is 15.5 Å². The van der Waals surface area contributed by atoms with Crippen LogP contribution in [0.4, 0.5) is 10.5 Å². The van der Waals surface area contributed by atoms with Crippen molar-refractivity contribution in [2.45, 2.75) is 13.0 Å². The molecule has 3 aromatic carbocycles. The Kier molecular flexibility index (Phi) is 5.93. The standard InChI is InChI=1S/C27H24N4O4/c1-17-23(26-29-25(30-35-26)19-10-8-14-22(16-19)34-3)24(18-9-7-13-21(15-18)33-2)28-27(32)31(17)20-11-5-4-6-12-20/h4-16,24H,1-3H3,(H,28,32). The minimum Gasteiger partial charge on any atom is -0.497 e. The van der Waals surface area contributed by atoms with Gasteiger partial charge in [-0.25, -0.2) is 4.79 Å². The van der Waals surface area contributed by atoms with Gasteiger partial charge in [0, 0.05) is 11.3 Å². The highest BCUT2D eigenvalue weighted by molar-refractivity contribution is 6.01. The Morgan fingerprint density at radius 3 is 2.37 bits per heavy atom. The van der Waals surface area contributed by atoms with E-state index in [1.165, 1.54) is 0 Å². The van der Waals surface area contributed by atoms with Gasteiger partial charge in [-0.1, -0.05) is 47.6 Å². The number of para-hydroxylation sites is 1. The lowest BCUT2D eigenvalue weighted by atomic mass is 9.94. The van der Waals surface area contributed by atoms with Crippen molar-refractivity contribution in [1.29, 1.82) is 0 Å². The molecule has 8 nitrogen and oxygen atoms in total. The summed E-state index contributed by atoms with van der Waals surface area (Å²) in [5, 5.41) is 7.32. The highest BCUT2D eigenvalue weighted by atomic mass is 16.5. The number of carbonyl (C=O) groups is 1. The van der Waals surface area contributed by atoms with E-state index in [9.17, 15) is 4.79 Å². The number of methoxy groups -OCH3 is 2. The first-order chi connectivity index (χ1) is 17.1. The van der Waals surface area contributed by atoms with Crippen molar-refractivity contribution in [2.75, 3.05) is 19.1 Å². The van der Waals surface area contributed by atoms with Crippen LogP contribution in [0.3, 0.4) is 0 Å². The number of allylic oxidation sites excluding steroid dienone is 1. The minimum absolute atomic E-state index is 0.252. The van der Waals surface area contributed by atoms with Crippen LogP contribution in [0.5, 0.6) is 11.5 Å². The van der Waals surface area contributed by atoms with Crippen LogP contribution in [-0.2, 0) is 0 Å². The summed E-state index contributed by atoms with van der Waals surface area (Å²) in [5.41, 5.74) is 3.71. The van der Waals surface area contributed by atoms with Gasteiger partial charge < -0.3 is 19.3 Å². The normalized spacial score (nSPS) is 15.7. The number of urea groups is 1. The molecular formula is C27H24N4O4. The van der Waals surface area contributed by atoms with Crippen molar-refractivity contribution in [3.63, 3.8) is 0 Å². The Morgan fingerprint density at radius 2 is 1.63 bits per heavy atom. The molecule has 0 bridgehead atoms. The van der Waals surface area contributed by atoms with E-state index in [2.05, 4.69) is 10.5 Å². The smallest absolute Gasteiger partial charge is 0.326 e. The third kappa shape index (κ3) is 4.21. The summed E-state index contributed by atoms with van der Waals surface area (Å²) in [7, 11) is 3.21. The maximum atomic E-state index is 13.3. The Balaban J connectivity index is 1.65. The van der Waals surface area contributed by atoms with Crippen molar-refractivity contribution in [3.05, 3.63) is 96.0 Å². The van der Waals surface area contributed by atoms with Gasteiger partial charge in [0.1, 0.15) is 11.5 Å². The minimum atomic E-state index is -0.517. The largest absolute Gasteiger partial charge is 0.497 e. The Bertz CT molecular complexity index is 1400. The molecule has 4 aromatic rings. The molecule has 176 valence electrons. The number of carbonyl (C=O) groups excluding carboxylic acids is 1. The number of amides is 2. The summed E-state index contributed by atoms with van der Waals surface area (Å²) in [6.07, 6.45) is 0. The van der Waals surface area contributed by atoms with E-state index < -0.39 is 6.04 Å². The fourth-order valence-electron chi connectivity index (χ4n) is 4.19. The van der Waals surface area contributed by atoms with Crippen LogP contribution >= 0.6 is 0 Å². The summed E-state index contributed by atoms with van der Waals surface area (Å²) in [6, 6.07) is 23.7. The fraction of sp³-hybridized carbons (Fsp3) is 0.148. The Labute approximate surface area is 202 Å². The molecule has 1 aliphatic rings. The SMILES string of the molecule is COc1cccc(-c2noc(C3=C(C)N(c4ccccc4)C(=O)NC3c3cccc(OC)c3)n2)c1. The zero-order chi connectivity index (χ0) is 24.4. The van der Waals surface area contributed by atoms with E-state index in [0.717, 1.165) is 16.8 Å². The lowest BCUT2D eigenvalue weighted by molar-refractivity contribution is 0.244. The van der Waals surface area contributed by atoms with Crippen molar-refractivity contribution in [2.24, 2.45) is 0 Å². The van der Waals surface area contributed by atoms with Crippen LogP contribution in [0.25, 0.3) is 17.0 Å². The average molecular weight is 469 g/mol. The number of anilines is 1. The van der Waals surface area contributed by atoms with Crippen LogP contribution < -0.4 is 19.7 Å². The van der Waals surface area contributed by atoms with E-state index in [-0.39, 0.29) is 6.03 Å². The summed E-state index contributed by atoms with van der Waals surface area (Å²) in [4.78, 5) is 19.6. The number of aromatic nitrogens is 2. The third-order valence-electron chi connectivity index (χ3n) is 5.91. The van der Waals surface area contributed by atoms with Crippen molar-refractivity contribution < 1.29 is 18.8 Å². The van der Waals surface area contributed by atoms with E-state index in [1.807, 2.05) is 85.8 Å². The highest BCUT2D eigenvalue weighted by Crippen LogP contribution is 2.39. The first-order valence-electron chi connectivity index (χ1n) is 11.1. The lowest BCUT2D eigenvalue weighted by Gasteiger charge is -2.35. The summed E-state index contributed by atoms with van der Waals surface area (Å²) >= 11 is 0. The highest BCUT2D eigenvalue weighted by Gasteiger charge is 2.36. The number of ether oxygens (including phenoxy) is 2. The number of rotatable bonds is 6. The van der Waals surface area contributed by atoms with Crippen LogP contribution in [0.1, 0.15) is 24.4 Å². The molecule has 0 saturated heterocycles. The molecule has 1 atom stereocenters. The molecule has 5 rings (SSSR count). The third-order valence-corrected chi connectivity index (χ3v) is 5.91. The van der Waals surface area contributed by atoms with E-state index >= 15 is 0 Å². The predicted octanol–water partition coefficient (Wildman–Crippen LogP) is 5.46. The predicted molar refractivity (Wildman–Crippen MR) is 132 cm³/mol. The van der Waals surface area contributed by atoms with Crippen molar-refractivity contribution >= 4 is 17.3 Å². The molecule has 1 N–H and O–H groups in total. The molecule has 0 radical (unpaired) electrons. The van der Waals surface area contributed by atoms with Gasteiger partial charge in [-0.2, -0.15) is 4.98 Å². The molecule has 8 heteroatoms. The molecule has 1 unspecified atom stereocenters. The molecule has 0 aliphatic carbocycles. The molecule has 35 heavy (non-hydrogen) atoms. The molecule has 1 aliphatic heterocycles. The van der Waals surface area contributed by atoms with Gasteiger partial charge in [-0.05, 0) is 48.9 Å². The number of hydrogen-bond donors (Lipinski definition) is 1. The number of hydrogen-bond acceptors (Lipinski definition) is 6. The number of nitrogens with one attached hydrogen (secondary N) is 1. The van der Waals surface area contributed by atoms with Crippen LogP contribution in [0.15, 0.2) is 89.1 Å². The summed E-state index contributed by atoms with van der Waals surface area (Å²) in [5.74, 6) is 2.11. The van der Waals surface area contributed by atoms with Crippen LogP contribution in [0.2, 0.25) is 0 Å². The fourth-order valence-corrected chi connectivity index (χ4v) is 4.19. The topological polar surface area (TPSA) is 89.7 Å². The zero-order valence-electron chi connectivity index (χ0n) is 19.6. The Morgan fingerprint density at radius 1 is 0.914 bits per heavy atom. The van der Waals surface area contributed by atoms with Gasteiger partial charge in [-0.15, -0.1) is 0 Å². The summed E-state index contributed by atoms with van der Waals surface area (Å²) in [6.45, 7) is 1.88. The van der Waals surface area contributed by atoms with Gasteiger partial charge in [0.05, 0.1) is 31.5 Å². The van der Waals surface area contributed by atoms with Crippen molar-refractivity contribution in [3.8, 4) is 22.9 Å². The Hall–Kier alpha value is -4.59. The second-order valence-corrected chi connectivity index (χ2v) is 7.98. The van der Waals surface area contributed by atoms with Gasteiger partial charge in [0.25, 0.3) is 5.89 Å². The van der Waals surface area contributed by atoms with Gasteiger partial charge >= 0.3 is 6.03 Å². The first-order valence-corrected chi connectivity index (χ1v) is 11.1. The number of nitrogens with zero attached hydrogens (tertiary/aromatic N) is 3. The molecule has 0 spiro atoms. The zero-order valence-corrected chi connectivity index (χ0v) is 19.6. The summed E-state index contributed by atoms with van der Waals surface area (Å²) < 4.78 is 16.5. The molecule has 2 amide bonds. The molecule has 0 fully saturated rings. The lowest BCUT2D eigenvalue weighted by Crippen LogP contribution is -2.46. The molecular weight excluding hydrogens is 444 g/mol. The molecule has 2 heterocycles. The van der Waals surface area contributed by atoms with Gasteiger partial charge in [-0.3, -0.25) is 4.90 Å². The van der Waals surface area contributed by atoms with Gasteiger partial charge in [0.2, 0.25) is 5.82 Å². The van der Waals surface area contributed by atoms with Crippen LogP contribution in [-0.4, -0.2) is 30.4 Å². The van der Waals surface area contributed by atoms with E-state index in [4.69, 9.17) is 19.0 Å². The van der Waals surface area contributed by atoms with Crippen LogP contribution in [0, 0.1) is 0 Å². The maximum Gasteiger partial charge on any atom is 0.326 e. The molecule has 1 aromatic heterocycles. The second kappa shape index (κ2) is 9.34. The monoisotopic (exact) mass is 468 g/mol. The molecule has 0 saturated carbocycles. The van der Waals surface area contributed by atoms with E-state index in [0.29, 0.717) is 34.5 Å². The van der Waals surface area contributed by atoms with Gasteiger partial charge in [0.15, 0.2) is 0 Å². The second-order valence-electron chi connectivity index (χ2n) is 7.98. The van der Waals surface area contributed by atoms with E-state index in [1.54, 1.807) is 19.1 Å². The number of benzene rings is 3. The first kappa shape index (κ1) is 22.2.